The monoisotopic (exact) mass is 285 g/mol. The lowest BCUT2D eigenvalue weighted by Crippen LogP contribution is -2.34. The zero-order chi connectivity index (χ0) is 15.0. The van der Waals surface area contributed by atoms with Gasteiger partial charge in [-0.25, -0.2) is 4.39 Å². The number of hydrogen-bond acceptors (Lipinski definition) is 2. The molecule has 0 saturated carbocycles. The molecule has 2 atom stereocenters. The fourth-order valence-corrected chi connectivity index (χ4v) is 2.77. The third-order valence-corrected chi connectivity index (χ3v) is 3.86. The molecule has 2 N–H and O–H groups in total. The number of aliphatic hydroxyl groups excluding tert-OH is 1. The van der Waals surface area contributed by atoms with E-state index in [2.05, 4.69) is 5.32 Å². The Morgan fingerprint density at radius 3 is 2.81 bits per heavy atom. The molecule has 0 saturated heterocycles. The Bertz CT molecular complexity index is 699. The maximum atomic E-state index is 13.8. The molecule has 0 aliphatic heterocycles. The van der Waals surface area contributed by atoms with Gasteiger partial charge in [-0.2, -0.15) is 0 Å². The third-order valence-electron chi connectivity index (χ3n) is 3.86. The second kappa shape index (κ2) is 5.30. The second-order valence-electron chi connectivity index (χ2n) is 5.40. The van der Waals surface area contributed by atoms with Gasteiger partial charge in [-0.15, -0.1) is 0 Å². The van der Waals surface area contributed by atoms with E-state index in [1.54, 1.807) is 13.0 Å². The van der Waals surface area contributed by atoms with E-state index in [-0.39, 0.29) is 5.56 Å². The third kappa shape index (κ3) is 2.54. The Morgan fingerprint density at radius 1 is 1.29 bits per heavy atom. The van der Waals surface area contributed by atoms with Gasteiger partial charge in [0.25, 0.3) is 5.91 Å². The van der Waals surface area contributed by atoms with Gasteiger partial charge in [0.05, 0.1) is 17.7 Å². The zero-order valence-electron chi connectivity index (χ0n) is 11.6. The maximum Gasteiger partial charge on any atom is 0.254 e. The zero-order valence-corrected chi connectivity index (χ0v) is 11.6. The van der Waals surface area contributed by atoms with E-state index in [9.17, 15) is 14.3 Å². The molecule has 1 aliphatic carbocycles. The van der Waals surface area contributed by atoms with Gasteiger partial charge in [-0.3, -0.25) is 4.79 Å². The topological polar surface area (TPSA) is 49.3 Å². The highest BCUT2D eigenvalue weighted by Gasteiger charge is 2.32. The summed E-state index contributed by atoms with van der Waals surface area (Å²) in [5.74, 6) is -1.05. The summed E-state index contributed by atoms with van der Waals surface area (Å²) in [6.07, 6.45) is -0.183. The number of aliphatic hydroxyl groups is 1. The Morgan fingerprint density at radius 2 is 2.05 bits per heavy atom. The number of benzene rings is 2. The SMILES string of the molecule is Cc1ccc(C(=O)NC2c3ccccc3CC2O)c(F)c1. The highest BCUT2D eigenvalue weighted by atomic mass is 19.1. The molecule has 0 radical (unpaired) electrons. The lowest BCUT2D eigenvalue weighted by atomic mass is 10.1. The number of hydrogen-bond donors (Lipinski definition) is 2. The Kier molecular flexibility index (Phi) is 3.47. The Labute approximate surface area is 122 Å². The highest BCUT2D eigenvalue weighted by molar-refractivity contribution is 5.94. The molecule has 2 unspecified atom stereocenters. The van der Waals surface area contributed by atoms with Crippen LogP contribution in [0.3, 0.4) is 0 Å². The summed E-state index contributed by atoms with van der Waals surface area (Å²) >= 11 is 0. The normalized spacial score (nSPS) is 20.1. The van der Waals surface area contributed by atoms with E-state index in [0.29, 0.717) is 6.42 Å². The van der Waals surface area contributed by atoms with Crippen LogP contribution in [0.15, 0.2) is 42.5 Å². The summed E-state index contributed by atoms with van der Waals surface area (Å²) in [7, 11) is 0. The van der Waals surface area contributed by atoms with E-state index < -0.39 is 23.9 Å². The number of rotatable bonds is 2. The number of halogens is 1. The quantitative estimate of drug-likeness (QED) is 0.890. The van der Waals surface area contributed by atoms with Crippen LogP contribution in [-0.4, -0.2) is 17.1 Å². The number of aryl methyl sites for hydroxylation is 1. The average Bonchev–Trinajstić information content (AvgIpc) is 2.75. The van der Waals surface area contributed by atoms with E-state index in [4.69, 9.17) is 0 Å². The summed E-state index contributed by atoms with van der Waals surface area (Å²) in [5.41, 5.74) is 2.66. The molecule has 1 amide bonds. The summed E-state index contributed by atoms with van der Waals surface area (Å²) in [4.78, 5) is 12.2. The smallest absolute Gasteiger partial charge is 0.254 e. The minimum Gasteiger partial charge on any atom is -0.390 e. The van der Waals surface area contributed by atoms with Crippen molar-refractivity contribution in [3.8, 4) is 0 Å². The van der Waals surface area contributed by atoms with Gasteiger partial charge >= 0.3 is 0 Å². The lowest BCUT2D eigenvalue weighted by molar-refractivity contribution is 0.0854. The molecule has 0 aromatic heterocycles. The molecule has 21 heavy (non-hydrogen) atoms. The minimum atomic E-state index is -0.681. The van der Waals surface area contributed by atoms with Crippen LogP contribution in [0.5, 0.6) is 0 Å². The van der Waals surface area contributed by atoms with Crippen molar-refractivity contribution >= 4 is 5.91 Å². The molecule has 0 spiro atoms. The van der Waals surface area contributed by atoms with Gasteiger partial charge in [0.1, 0.15) is 5.82 Å². The Balaban J connectivity index is 1.85. The van der Waals surface area contributed by atoms with Crippen LogP contribution >= 0.6 is 0 Å². The van der Waals surface area contributed by atoms with Crippen LogP contribution in [0.4, 0.5) is 4.39 Å². The van der Waals surface area contributed by atoms with Gasteiger partial charge in [0, 0.05) is 6.42 Å². The van der Waals surface area contributed by atoms with Crippen LogP contribution in [0.2, 0.25) is 0 Å². The Hall–Kier alpha value is -2.20. The summed E-state index contributed by atoms with van der Waals surface area (Å²) in [5, 5.41) is 12.8. The first-order valence-corrected chi connectivity index (χ1v) is 6.89. The van der Waals surface area contributed by atoms with Crippen molar-refractivity contribution in [2.45, 2.75) is 25.5 Å². The summed E-state index contributed by atoms with van der Waals surface area (Å²) < 4.78 is 13.8. The molecule has 0 bridgehead atoms. The molecule has 2 aromatic rings. The van der Waals surface area contributed by atoms with Gasteiger partial charge in [0.15, 0.2) is 0 Å². The first-order valence-electron chi connectivity index (χ1n) is 6.89. The van der Waals surface area contributed by atoms with Crippen molar-refractivity contribution in [2.24, 2.45) is 0 Å². The number of carbonyl (C=O) groups is 1. The highest BCUT2D eigenvalue weighted by Crippen LogP contribution is 2.31. The van der Waals surface area contributed by atoms with E-state index in [0.717, 1.165) is 16.7 Å². The molecule has 0 fully saturated rings. The number of nitrogens with one attached hydrogen (secondary N) is 1. The fourth-order valence-electron chi connectivity index (χ4n) is 2.77. The van der Waals surface area contributed by atoms with Crippen LogP contribution in [0.1, 0.15) is 33.1 Å². The molecule has 1 aliphatic rings. The summed E-state index contributed by atoms with van der Waals surface area (Å²) in [6.45, 7) is 1.77. The first-order chi connectivity index (χ1) is 10.1. The van der Waals surface area contributed by atoms with Crippen LogP contribution < -0.4 is 5.32 Å². The van der Waals surface area contributed by atoms with Gasteiger partial charge in [-0.1, -0.05) is 30.3 Å². The fraction of sp³-hybridized carbons (Fsp3) is 0.235. The predicted octanol–water partition coefficient (Wildman–Crippen LogP) is 2.52. The number of fused-ring (bicyclic) bond motifs is 1. The van der Waals surface area contributed by atoms with Gasteiger partial charge < -0.3 is 10.4 Å². The van der Waals surface area contributed by atoms with Crippen molar-refractivity contribution in [3.63, 3.8) is 0 Å². The van der Waals surface area contributed by atoms with Crippen LogP contribution in [0, 0.1) is 12.7 Å². The molecular weight excluding hydrogens is 269 g/mol. The molecule has 3 rings (SSSR count). The van der Waals surface area contributed by atoms with Gasteiger partial charge in [0.2, 0.25) is 0 Å². The van der Waals surface area contributed by atoms with E-state index in [1.165, 1.54) is 12.1 Å². The van der Waals surface area contributed by atoms with E-state index >= 15 is 0 Å². The van der Waals surface area contributed by atoms with Crippen molar-refractivity contribution < 1.29 is 14.3 Å². The predicted molar refractivity (Wildman–Crippen MR) is 77.5 cm³/mol. The van der Waals surface area contributed by atoms with Crippen LogP contribution in [0.25, 0.3) is 0 Å². The average molecular weight is 285 g/mol. The van der Waals surface area contributed by atoms with Crippen molar-refractivity contribution in [1.29, 1.82) is 0 Å². The van der Waals surface area contributed by atoms with Crippen molar-refractivity contribution in [2.75, 3.05) is 0 Å². The van der Waals surface area contributed by atoms with Crippen LogP contribution in [-0.2, 0) is 6.42 Å². The number of carbonyl (C=O) groups excluding carboxylic acids is 1. The largest absolute Gasteiger partial charge is 0.390 e. The maximum absolute atomic E-state index is 13.8. The summed E-state index contributed by atoms with van der Waals surface area (Å²) in [6, 6.07) is 11.6. The van der Waals surface area contributed by atoms with Gasteiger partial charge in [-0.05, 0) is 35.7 Å². The van der Waals surface area contributed by atoms with Crippen molar-refractivity contribution in [3.05, 3.63) is 70.5 Å². The molecular formula is C17H16FNO2. The minimum absolute atomic E-state index is 0.00261. The molecule has 108 valence electrons. The second-order valence-corrected chi connectivity index (χ2v) is 5.40. The standard InChI is InChI=1S/C17H16FNO2/c1-10-6-7-13(14(18)8-10)17(21)19-16-12-5-3-2-4-11(12)9-15(16)20/h2-8,15-16,20H,9H2,1H3,(H,19,21). The first kappa shape index (κ1) is 13.8. The molecule has 0 heterocycles. The lowest BCUT2D eigenvalue weighted by Gasteiger charge is -2.18. The molecule has 3 nitrogen and oxygen atoms in total. The number of amides is 1. The van der Waals surface area contributed by atoms with E-state index in [1.807, 2.05) is 24.3 Å². The molecule has 2 aromatic carbocycles. The molecule has 4 heteroatoms. The van der Waals surface area contributed by atoms with Crippen molar-refractivity contribution in [1.82, 2.24) is 5.32 Å².